The summed E-state index contributed by atoms with van der Waals surface area (Å²) in [4.78, 5) is 29.6. The number of aromatic nitrogens is 1. The Labute approximate surface area is 131 Å². The molecule has 2 rings (SSSR count). The van der Waals surface area contributed by atoms with Crippen molar-refractivity contribution in [1.29, 1.82) is 0 Å². The number of rotatable bonds is 4. The number of aryl methyl sites for hydroxylation is 1. The third-order valence-corrected chi connectivity index (χ3v) is 4.91. The van der Waals surface area contributed by atoms with Gasteiger partial charge in [-0.3, -0.25) is 14.5 Å². The van der Waals surface area contributed by atoms with Crippen LogP contribution in [0.1, 0.15) is 59.3 Å². The second-order valence-corrected chi connectivity index (χ2v) is 6.55. The first-order chi connectivity index (χ1) is 10.2. The lowest BCUT2D eigenvalue weighted by molar-refractivity contribution is 0.0145. The lowest BCUT2D eigenvalue weighted by atomic mass is 9.94. The third-order valence-electron chi connectivity index (χ3n) is 4.91. The summed E-state index contributed by atoms with van der Waals surface area (Å²) in [5, 5.41) is 10.0. The molecule has 5 heteroatoms. The van der Waals surface area contributed by atoms with Crippen LogP contribution in [0.25, 0.3) is 0 Å². The first kappa shape index (κ1) is 16.9. The highest BCUT2D eigenvalue weighted by Gasteiger charge is 2.32. The summed E-state index contributed by atoms with van der Waals surface area (Å²) in [5.74, 6) is 0.229. The highest BCUT2D eigenvalue weighted by molar-refractivity contribution is 6.05. The number of Topliss-reactive ketones (excluding diaryl/α,β-unsaturated/α-hetero) is 2. The normalized spacial score (nSPS) is 24.3. The zero-order chi connectivity index (χ0) is 16.6. The van der Waals surface area contributed by atoms with E-state index in [2.05, 4.69) is 4.98 Å². The van der Waals surface area contributed by atoms with Gasteiger partial charge >= 0.3 is 0 Å². The SMILES string of the molecule is CC(=O)c1c(C)[nH]c(C(=O)C(C)N2CCC(C)C(O)C2)c1C. The number of nitrogens with zero attached hydrogens (tertiary/aromatic N) is 1. The molecule has 1 aliphatic heterocycles. The van der Waals surface area contributed by atoms with Crippen LogP contribution in [0.3, 0.4) is 0 Å². The Morgan fingerprint density at radius 3 is 2.50 bits per heavy atom. The molecule has 0 spiro atoms. The van der Waals surface area contributed by atoms with Gasteiger partial charge in [0.15, 0.2) is 11.6 Å². The fourth-order valence-electron chi connectivity index (χ4n) is 3.32. The van der Waals surface area contributed by atoms with Crippen LogP contribution in [-0.4, -0.2) is 51.8 Å². The molecular weight excluding hydrogens is 280 g/mol. The van der Waals surface area contributed by atoms with Gasteiger partial charge < -0.3 is 10.1 Å². The maximum Gasteiger partial charge on any atom is 0.196 e. The Morgan fingerprint density at radius 1 is 1.36 bits per heavy atom. The van der Waals surface area contributed by atoms with E-state index in [4.69, 9.17) is 0 Å². The van der Waals surface area contributed by atoms with Crippen LogP contribution in [0, 0.1) is 19.8 Å². The molecule has 0 aromatic carbocycles. The van der Waals surface area contributed by atoms with Crippen molar-refractivity contribution in [2.75, 3.05) is 13.1 Å². The predicted octanol–water partition coefficient (Wildman–Crippen LogP) is 2.11. The third kappa shape index (κ3) is 3.01. The van der Waals surface area contributed by atoms with E-state index >= 15 is 0 Å². The number of hydrogen-bond donors (Lipinski definition) is 2. The molecule has 2 N–H and O–H groups in total. The largest absolute Gasteiger partial charge is 0.392 e. The Hall–Kier alpha value is -1.46. The van der Waals surface area contributed by atoms with Crippen molar-refractivity contribution in [3.05, 3.63) is 22.5 Å². The maximum atomic E-state index is 12.8. The summed E-state index contributed by atoms with van der Waals surface area (Å²) in [5.41, 5.74) is 2.60. The van der Waals surface area contributed by atoms with Crippen molar-refractivity contribution < 1.29 is 14.7 Å². The highest BCUT2D eigenvalue weighted by atomic mass is 16.3. The van der Waals surface area contributed by atoms with Crippen LogP contribution in [-0.2, 0) is 0 Å². The number of likely N-dealkylation sites (tertiary alicyclic amines) is 1. The molecular formula is C17H26N2O3. The fraction of sp³-hybridized carbons (Fsp3) is 0.647. The van der Waals surface area contributed by atoms with E-state index in [9.17, 15) is 14.7 Å². The van der Waals surface area contributed by atoms with Crippen LogP contribution in [0.2, 0.25) is 0 Å². The smallest absolute Gasteiger partial charge is 0.196 e. The number of β-amino-alcohol motifs (C(OH)–C–C–N with tert-alkyl or cyclic N) is 1. The summed E-state index contributed by atoms with van der Waals surface area (Å²) >= 11 is 0. The zero-order valence-corrected chi connectivity index (χ0v) is 14.1. The molecule has 1 aromatic rings. The molecule has 122 valence electrons. The minimum Gasteiger partial charge on any atom is -0.392 e. The van der Waals surface area contributed by atoms with Crippen LogP contribution in [0.15, 0.2) is 0 Å². The highest BCUT2D eigenvalue weighted by Crippen LogP contribution is 2.23. The van der Waals surface area contributed by atoms with Gasteiger partial charge in [-0.2, -0.15) is 0 Å². The number of aliphatic hydroxyl groups excluding tert-OH is 1. The second-order valence-electron chi connectivity index (χ2n) is 6.55. The van der Waals surface area contributed by atoms with Crippen LogP contribution >= 0.6 is 0 Å². The molecule has 1 aromatic heterocycles. The number of ketones is 2. The number of carbonyl (C=O) groups is 2. The van der Waals surface area contributed by atoms with E-state index in [0.717, 1.165) is 24.2 Å². The molecule has 0 amide bonds. The first-order valence-corrected chi connectivity index (χ1v) is 7.90. The molecule has 0 bridgehead atoms. The molecule has 1 saturated heterocycles. The quantitative estimate of drug-likeness (QED) is 0.836. The number of piperidine rings is 1. The number of nitrogens with one attached hydrogen (secondary N) is 1. The van der Waals surface area contributed by atoms with Gasteiger partial charge in [-0.15, -0.1) is 0 Å². The average Bonchev–Trinajstić information content (AvgIpc) is 2.75. The van der Waals surface area contributed by atoms with Gasteiger partial charge in [-0.05, 0) is 52.1 Å². The van der Waals surface area contributed by atoms with Crippen molar-refractivity contribution in [1.82, 2.24) is 9.88 Å². The lowest BCUT2D eigenvalue weighted by Gasteiger charge is -2.37. The Bertz CT molecular complexity index is 591. The van der Waals surface area contributed by atoms with Crippen molar-refractivity contribution in [3.8, 4) is 0 Å². The molecule has 0 saturated carbocycles. The maximum absolute atomic E-state index is 12.8. The average molecular weight is 306 g/mol. The number of carbonyl (C=O) groups excluding carboxylic acids is 2. The molecule has 0 aliphatic carbocycles. The molecule has 0 radical (unpaired) electrons. The summed E-state index contributed by atoms with van der Waals surface area (Å²) in [6.45, 7) is 10.4. The summed E-state index contributed by atoms with van der Waals surface area (Å²) in [6, 6.07) is -0.307. The van der Waals surface area contributed by atoms with Gasteiger partial charge in [0.25, 0.3) is 0 Å². The molecule has 3 unspecified atom stereocenters. The van der Waals surface area contributed by atoms with Gasteiger partial charge in [-0.1, -0.05) is 6.92 Å². The van der Waals surface area contributed by atoms with E-state index in [1.54, 1.807) is 0 Å². The standard InChI is InChI=1S/C17H26N2O3/c1-9-6-7-19(8-14(9)21)12(4)17(22)16-10(2)15(13(5)20)11(3)18-16/h9,12,14,18,21H,6-8H2,1-5H3. The van der Waals surface area contributed by atoms with Crippen molar-refractivity contribution in [3.63, 3.8) is 0 Å². The van der Waals surface area contributed by atoms with Gasteiger partial charge in [0.1, 0.15) is 0 Å². The van der Waals surface area contributed by atoms with Crippen LogP contribution in [0.4, 0.5) is 0 Å². The van der Waals surface area contributed by atoms with Crippen LogP contribution in [0.5, 0.6) is 0 Å². The van der Waals surface area contributed by atoms with Crippen molar-refractivity contribution >= 4 is 11.6 Å². The predicted molar refractivity (Wildman–Crippen MR) is 85.4 cm³/mol. The van der Waals surface area contributed by atoms with E-state index in [0.29, 0.717) is 17.8 Å². The summed E-state index contributed by atoms with van der Waals surface area (Å²) < 4.78 is 0. The Balaban J connectivity index is 2.21. The topological polar surface area (TPSA) is 73.4 Å². The van der Waals surface area contributed by atoms with Gasteiger partial charge in [-0.25, -0.2) is 0 Å². The minimum atomic E-state index is -0.386. The molecule has 1 fully saturated rings. The van der Waals surface area contributed by atoms with Crippen LogP contribution < -0.4 is 0 Å². The Morgan fingerprint density at radius 2 is 2.00 bits per heavy atom. The molecule has 3 atom stereocenters. The zero-order valence-electron chi connectivity index (χ0n) is 14.1. The van der Waals surface area contributed by atoms with E-state index in [1.165, 1.54) is 6.92 Å². The van der Waals surface area contributed by atoms with Gasteiger partial charge in [0.05, 0.1) is 17.8 Å². The summed E-state index contributed by atoms with van der Waals surface area (Å²) in [6.07, 6.45) is 0.503. The second kappa shape index (κ2) is 6.34. The molecule has 1 aliphatic rings. The summed E-state index contributed by atoms with van der Waals surface area (Å²) in [7, 11) is 0. The number of H-pyrrole nitrogens is 1. The molecule has 5 nitrogen and oxygen atoms in total. The van der Waals surface area contributed by atoms with Gasteiger partial charge in [0, 0.05) is 17.8 Å². The monoisotopic (exact) mass is 306 g/mol. The van der Waals surface area contributed by atoms with Crippen molar-refractivity contribution in [2.24, 2.45) is 5.92 Å². The fourth-order valence-corrected chi connectivity index (χ4v) is 3.32. The number of hydrogen-bond acceptors (Lipinski definition) is 4. The molecule has 2 heterocycles. The number of aromatic amines is 1. The first-order valence-electron chi connectivity index (χ1n) is 7.90. The lowest BCUT2D eigenvalue weighted by Crippen LogP contribution is -2.49. The van der Waals surface area contributed by atoms with E-state index < -0.39 is 0 Å². The van der Waals surface area contributed by atoms with E-state index in [-0.39, 0.29) is 29.6 Å². The minimum absolute atomic E-state index is 0.0187. The Kier molecular flexibility index (Phi) is 4.87. The number of aliphatic hydroxyl groups is 1. The van der Waals surface area contributed by atoms with Gasteiger partial charge in [0.2, 0.25) is 0 Å². The van der Waals surface area contributed by atoms with Crippen molar-refractivity contribution in [2.45, 2.75) is 53.2 Å². The van der Waals surface area contributed by atoms with E-state index in [1.807, 2.05) is 32.6 Å². The molecule has 22 heavy (non-hydrogen) atoms.